The monoisotopic (exact) mass is 342 g/mol. The van der Waals surface area contributed by atoms with Crippen molar-refractivity contribution in [2.24, 2.45) is 5.92 Å². The van der Waals surface area contributed by atoms with Gasteiger partial charge in [0.25, 0.3) is 0 Å². The Hall–Kier alpha value is -1.06. The van der Waals surface area contributed by atoms with Gasteiger partial charge in [-0.1, -0.05) is 85.0 Å². The Morgan fingerprint density at radius 3 is 1.54 bits per heavy atom. The highest BCUT2D eigenvalue weighted by Gasteiger charge is 2.09. The van der Waals surface area contributed by atoms with Crippen LogP contribution in [0.4, 0.5) is 0 Å². The van der Waals surface area contributed by atoms with E-state index in [0.29, 0.717) is 12.8 Å². The fourth-order valence-corrected chi connectivity index (χ4v) is 2.58. The number of hydrogen-bond acceptors (Lipinski definition) is 4. The molecule has 0 fully saturated rings. The predicted octanol–water partition coefficient (Wildman–Crippen LogP) is 6.13. The molecule has 0 saturated carbocycles. The molecule has 0 aromatic carbocycles. The largest absolute Gasteiger partial charge is 0.355 e. The van der Waals surface area contributed by atoms with E-state index in [-0.39, 0.29) is 0 Å². The van der Waals surface area contributed by atoms with Gasteiger partial charge in [0.05, 0.1) is 12.8 Å². The van der Waals surface area contributed by atoms with Gasteiger partial charge in [0, 0.05) is 0 Å². The van der Waals surface area contributed by atoms with Crippen molar-refractivity contribution in [1.29, 1.82) is 0 Å². The Kier molecular flexibility index (Phi) is 16.0. The van der Waals surface area contributed by atoms with Gasteiger partial charge in [-0.05, 0) is 18.8 Å². The maximum atomic E-state index is 11.5. The molecule has 0 aromatic heterocycles. The minimum Gasteiger partial charge on any atom is -0.247 e. The van der Waals surface area contributed by atoms with Crippen LogP contribution in [0.3, 0.4) is 0 Å². The summed E-state index contributed by atoms with van der Waals surface area (Å²) in [6.45, 7) is 6.66. The lowest BCUT2D eigenvalue weighted by Gasteiger charge is -2.05. The van der Waals surface area contributed by atoms with E-state index in [1.807, 2.05) is 0 Å². The molecule has 0 aliphatic heterocycles. The zero-order chi connectivity index (χ0) is 18.0. The van der Waals surface area contributed by atoms with E-state index in [1.54, 1.807) is 0 Å². The summed E-state index contributed by atoms with van der Waals surface area (Å²) in [5.74, 6) is -0.0852. The maximum absolute atomic E-state index is 11.5. The molecule has 0 bridgehead atoms. The predicted molar refractivity (Wildman–Crippen MR) is 97.3 cm³/mol. The third-order valence-electron chi connectivity index (χ3n) is 4.12. The third kappa shape index (κ3) is 17.3. The van der Waals surface area contributed by atoms with Gasteiger partial charge in [0.15, 0.2) is 0 Å². The van der Waals surface area contributed by atoms with Crippen molar-refractivity contribution in [3.63, 3.8) is 0 Å². The molecular formula is C20H38O4. The molecular weight excluding hydrogens is 304 g/mol. The van der Waals surface area contributed by atoms with Gasteiger partial charge in [0.1, 0.15) is 0 Å². The minimum absolute atomic E-state index is 0.327. The molecule has 4 nitrogen and oxygen atoms in total. The second kappa shape index (κ2) is 16.8. The summed E-state index contributed by atoms with van der Waals surface area (Å²) >= 11 is 0. The van der Waals surface area contributed by atoms with E-state index in [9.17, 15) is 9.59 Å². The lowest BCUT2D eigenvalue weighted by Crippen LogP contribution is -2.11. The van der Waals surface area contributed by atoms with Gasteiger partial charge >= 0.3 is 11.9 Å². The third-order valence-corrected chi connectivity index (χ3v) is 4.12. The Bertz CT molecular complexity index is 313. The van der Waals surface area contributed by atoms with Crippen LogP contribution in [-0.4, -0.2) is 11.9 Å². The van der Waals surface area contributed by atoms with Crippen molar-refractivity contribution in [3.8, 4) is 0 Å². The van der Waals surface area contributed by atoms with E-state index < -0.39 is 11.9 Å². The Balaban J connectivity index is 3.35. The van der Waals surface area contributed by atoms with Crippen LogP contribution in [0.15, 0.2) is 0 Å². The smallest absolute Gasteiger partial charge is 0.247 e. The zero-order valence-electron chi connectivity index (χ0n) is 16.1. The molecule has 0 spiro atoms. The zero-order valence-corrected chi connectivity index (χ0v) is 16.1. The topological polar surface area (TPSA) is 52.6 Å². The quantitative estimate of drug-likeness (QED) is 0.204. The van der Waals surface area contributed by atoms with E-state index in [1.165, 1.54) is 38.5 Å². The fraction of sp³-hybridized carbons (Fsp3) is 0.900. The highest BCUT2D eigenvalue weighted by Crippen LogP contribution is 2.12. The lowest BCUT2D eigenvalue weighted by molar-refractivity contribution is -0.259. The number of carbonyl (C=O) groups excluding carboxylic acids is 2. The maximum Gasteiger partial charge on any atom is 0.355 e. The van der Waals surface area contributed by atoms with E-state index in [2.05, 4.69) is 30.5 Å². The molecule has 0 saturated heterocycles. The molecule has 0 aromatic rings. The summed E-state index contributed by atoms with van der Waals surface area (Å²) in [4.78, 5) is 32.0. The first-order valence-electron chi connectivity index (χ1n) is 9.96. The summed E-state index contributed by atoms with van der Waals surface area (Å²) in [6, 6.07) is 0. The summed E-state index contributed by atoms with van der Waals surface area (Å²) in [6.07, 6.45) is 14.1. The van der Waals surface area contributed by atoms with Crippen LogP contribution in [0.25, 0.3) is 0 Å². The van der Waals surface area contributed by atoms with Gasteiger partial charge in [-0.15, -0.1) is 0 Å². The lowest BCUT2D eigenvalue weighted by atomic mass is 10.0. The van der Waals surface area contributed by atoms with Gasteiger partial charge in [-0.25, -0.2) is 19.4 Å². The normalized spacial score (nSPS) is 10.8. The van der Waals surface area contributed by atoms with Crippen LogP contribution in [0, 0.1) is 5.92 Å². The molecule has 4 heteroatoms. The first kappa shape index (κ1) is 22.9. The van der Waals surface area contributed by atoms with Crippen molar-refractivity contribution in [1.82, 2.24) is 0 Å². The van der Waals surface area contributed by atoms with Crippen molar-refractivity contribution in [2.75, 3.05) is 0 Å². The second-order valence-electron chi connectivity index (χ2n) is 7.13. The molecule has 24 heavy (non-hydrogen) atoms. The highest BCUT2D eigenvalue weighted by molar-refractivity contribution is 5.72. The van der Waals surface area contributed by atoms with E-state index in [0.717, 1.165) is 44.4 Å². The molecule has 0 radical (unpaired) electrons. The van der Waals surface area contributed by atoms with Crippen molar-refractivity contribution < 1.29 is 19.4 Å². The Labute approximate surface area is 148 Å². The number of unbranched alkanes of at least 4 members (excludes halogenated alkanes) is 9. The molecule has 142 valence electrons. The van der Waals surface area contributed by atoms with E-state index in [4.69, 9.17) is 0 Å². The Morgan fingerprint density at radius 1 is 0.667 bits per heavy atom. The molecule has 0 atom stereocenters. The van der Waals surface area contributed by atoms with Gasteiger partial charge in [0.2, 0.25) is 0 Å². The molecule has 0 N–H and O–H groups in total. The van der Waals surface area contributed by atoms with Crippen LogP contribution in [-0.2, 0) is 19.4 Å². The number of hydrogen-bond donors (Lipinski definition) is 0. The van der Waals surface area contributed by atoms with Crippen LogP contribution in [0.5, 0.6) is 0 Å². The van der Waals surface area contributed by atoms with Gasteiger partial charge in [-0.2, -0.15) is 0 Å². The molecule has 0 unspecified atom stereocenters. The van der Waals surface area contributed by atoms with Crippen LogP contribution >= 0.6 is 0 Å². The van der Waals surface area contributed by atoms with Crippen LogP contribution in [0.1, 0.15) is 111 Å². The fourth-order valence-electron chi connectivity index (χ4n) is 2.58. The van der Waals surface area contributed by atoms with Crippen molar-refractivity contribution >= 4 is 11.9 Å². The van der Waals surface area contributed by atoms with Crippen LogP contribution in [0.2, 0.25) is 0 Å². The highest BCUT2D eigenvalue weighted by atomic mass is 17.2. The SMILES string of the molecule is CCCCCCCC(=O)OOC(=O)CCCCCCCCC(C)C. The number of carbonyl (C=O) groups is 2. The number of rotatable bonds is 15. The second-order valence-corrected chi connectivity index (χ2v) is 7.13. The first-order valence-corrected chi connectivity index (χ1v) is 9.96. The van der Waals surface area contributed by atoms with Gasteiger partial charge in [-0.3, -0.25) is 0 Å². The average Bonchev–Trinajstić information content (AvgIpc) is 2.55. The summed E-state index contributed by atoms with van der Waals surface area (Å²) in [5, 5.41) is 0. The molecule has 0 heterocycles. The molecule has 0 aliphatic carbocycles. The average molecular weight is 343 g/mol. The summed E-state index contributed by atoms with van der Waals surface area (Å²) in [5.41, 5.74) is 0. The van der Waals surface area contributed by atoms with Crippen molar-refractivity contribution in [3.05, 3.63) is 0 Å². The van der Waals surface area contributed by atoms with Crippen LogP contribution < -0.4 is 0 Å². The standard InChI is InChI=1S/C20H38O4/c1-4-5-6-9-13-16-19(21)23-24-20(22)17-14-11-8-7-10-12-15-18(2)3/h18H,4-17H2,1-3H3. The molecule has 0 aliphatic rings. The first-order chi connectivity index (χ1) is 11.6. The molecule has 0 amide bonds. The minimum atomic E-state index is -0.440. The summed E-state index contributed by atoms with van der Waals surface area (Å²) in [7, 11) is 0. The molecule has 0 rings (SSSR count). The van der Waals surface area contributed by atoms with E-state index >= 15 is 0 Å². The van der Waals surface area contributed by atoms with Gasteiger partial charge < -0.3 is 0 Å². The summed E-state index contributed by atoms with van der Waals surface area (Å²) < 4.78 is 0. The Morgan fingerprint density at radius 2 is 1.08 bits per heavy atom. The van der Waals surface area contributed by atoms with Crippen molar-refractivity contribution in [2.45, 2.75) is 111 Å².